The van der Waals surface area contributed by atoms with E-state index in [0.717, 1.165) is 18.7 Å². The van der Waals surface area contributed by atoms with Gasteiger partial charge in [-0.1, -0.05) is 19.3 Å². The average Bonchev–Trinajstić information content (AvgIpc) is 2.58. The summed E-state index contributed by atoms with van der Waals surface area (Å²) in [6.07, 6.45) is 6.75. The first-order valence-electron chi connectivity index (χ1n) is 6.23. The Bertz CT molecular complexity index is 434. The quantitative estimate of drug-likeness (QED) is 0.842. The molecule has 0 aliphatic heterocycles. The topological polar surface area (TPSA) is 80.9 Å². The van der Waals surface area contributed by atoms with E-state index in [9.17, 15) is 9.90 Å². The minimum Gasteiger partial charge on any atom is -0.479 e. The van der Waals surface area contributed by atoms with Gasteiger partial charge in [0.15, 0.2) is 11.4 Å². The zero-order valence-corrected chi connectivity index (χ0v) is 9.67. The third-order valence-corrected chi connectivity index (χ3v) is 4.21. The fourth-order valence-corrected chi connectivity index (χ4v) is 2.65. The minimum atomic E-state index is -0.859. The van der Waals surface area contributed by atoms with Gasteiger partial charge in [-0.2, -0.15) is 0 Å². The van der Waals surface area contributed by atoms with E-state index in [4.69, 9.17) is 0 Å². The molecule has 1 heterocycles. The maximum atomic E-state index is 11.4. The molecule has 0 amide bonds. The summed E-state index contributed by atoms with van der Waals surface area (Å²) in [4.78, 5) is 11.4. The number of hydrogen-bond acceptors (Lipinski definition) is 4. The van der Waals surface area contributed by atoms with Gasteiger partial charge in [-0.3, -0.25) is 0 Å². The highest BCUT2D eigenvalue weighted by atomic mass is 16.4. The number of tetrazole rings is 1. The zero-order chi connectivity index (χ0) is 11.9. The summed E-state index contributed by atoms with van der Waals surface area (Å²) in [6.45, 7) is 0. The minimum absolute atomic E-state index is 0.644. The highest BCUT2D eigenvalue weighted by Crippen LogP contribution is 2.40. The van der Waals surface area contributed by atoms with E-state index in [1.165, 1.54) is 19.3 Å². The first kappa shape index (κ1) is 10.7. The lowest BCUT2D eigenvalue weighted by Crippen LogP contribution is -2.49. The lowest BCUT2D eigenvalue weighted by atomic mass is 9.76. The number of aliphatic carboxylic acids is 1. The third kappa shape index (κ3) is 1.54. The van der Waals surface area contributed by atoms with Crippen LogP contribution in [-0.4, -0.2) is 31.3 Å². The summed E-state index contributed by atoms with van der Waals surface area (Å²) in [5.74, 6) is 0.591. The van der Waals surface area contributed by atoms with Crippen LogP contribution >= 0.6 is 0 Å². The molecule has 1 aromatic heterocycles. The van der Waals surface area contributed by atoms with E-state index in [1.807, 2.05) is 0 Å². The summed E-state index contributed by atoms with van der Waals surface area (Å²) in [6, 6.07) is 0. The van der Waals surface area contributed by atoms with Crippen molar-refractivity contribution in [1.29, 1.82) is 0 Å². The Balaban J connectivity index is 1.86. The molecule has 6 nitrogen and oxygen atoms in total. The van der Waals surface area contributed by atoms with Crippen LogP contribution in [0.3, 0.4) is 0 Å². The van der Waals surface area contributed by atoms with Crippen molar-refractivity contribution < 1.29 is 9.90 Å². The lowest BCUT2D eigenvalue weighted by molar-refractivity contribution is -0.153. The van der Waals surface area contributed by atoms with Gasteiger partial charge in [0, 0.05) is 6.42 Å². The van der Waals surface area contributed by atoms with Gasteiger partial charge < -0.3 is 5.11 Å². The van der Waals surface area contributed by atoms with Crippen molar-refractivity contribution in [2.45, 2.75) is 50.5 Å². The van der Waals surface area contributed by atoms with E-state index >= 15 is 0 Å². The van der Waals surface area contributed by atoms with Gasteiger partial charge in [0.25, 0.3) is 0 Å². The van der Waals surface area contributed by atoms with Crippen molar-refractivity contribution in [2.75, 3.05) is 0 Å². The van der Waals surface area contributed by atoms with E-state index in [-0.39, 0.29) is 0 Å². The molecule has 0 unspecified atom stereocenters. The smallest absolute Gasteiger partial charge is 0.331 e. The standard InChI is InChI=1S/C11H16N4O2/c16-10(17)11(5-2-6-11)15-9(12-13-14-15)7-8-3-1-4-8/h8H,1-7H2,(H,16,17). The number of rotatable bonds is 4. The van der Waals surface area contributed by atoms with Gasteiger partial charge >= 0.3 is 5.97 Å². The molecule has 3 rings (SSSR count). The summed E-state index contributed by atoms with van der Waals surface area (Å²) in [5.41, 5.74) is -0.859. The molecule has 92 valence electrons. The van der Waals surface area contributed by atoms with Crippen LogP contribution in [0.15, 0.2) is 0 Å². The fourth-order valence-electron chi connectivity index (χ4n) is 2.65. The molecule has 0 aromatic carbocycles. The Morgan fingerprint density at radius 1 is 1.41 bits per heavy atom. The fraction of sp³-hybridized carbons (Fsp3) is 0.818. The highest BCUT2D eigenvalue weighted by molar-refractivity contribution is 5.77. The van der Waals surface area contributed by atoms with Crippen molar-refractivity contribution >= 4 is 5.97 Å². The zero-order valence-electron chi connectivity index (χ0n) is 9.67. The first-order valence-corrected chi connectivity index (χ1v) is 6.23. The highest BCUT2D eigenvalue weighted by Gasteiger charge is 2.49. The maximum absolute atomic E-state index is 11.4. The molecule has 2 aliphatic carbocycles. The molecule has 2 aliphatic rings. The van der Waals surface area contributed by atoms with Crippen LogP contribution in [0.2, 0.25) is 0 Å². The molecule has 0 atom stereocenters. The molecule has 6 heteroatoms. The largest absolute Gasteiger partial charge is 0.479 e. The van der Waals surface area contributed by atoms with E-state index < -0.39 is 11.5 Å². The number of aromatic nitrogens is 4. The van der Waals surface area contributed by atoms with Crippen molar-refractivity contribution in [3.63, 3.8) is 0 Å². The number of carboxylic acids is 1. The normalized spacial score (nSPS) is 22.8. The Hall–Kier alpha value is -1.46. The summed E-state index contributed by atoms with van der Waals surface area (Å²) < 4.78 is 1.57. The molecule has 1 N–H and O–H groups in total. The second-order valence-corrected chi connectivity index (χ2v) is 5.20. The van der Waals surface area contributed by atoms with Gasteiger partial charge in [-0.05, 0) is 35.6 Å². The van der Waals surface area contributed by atoms with E-state index in [0.29, 0.717) is 18.8 Å². The maximum Gasteiger partial charge on any atom is 0.331 e. The molecule has 0 saturated heterocycles. The van der Waals surface area contributed by atoms with Crippen LogP contribution in [0.25, 0.3) is 0 Å². The molecule has 17 heavy (non-hydrogen) atoms. The second kappa shape index (κ2) is 3.78. The van der Waals surface area contributed by atoms with Crippen LogP contribution in [0.4, 0.5) is 0 Å². The van der Waals surface area contributed by atoms with Crippen LogP contribution in [0.1, 0.15) is 44.3 Å². The molecular weight excluding hydrogens is 220 g/mol. The number of carbonyl (C=O) groups is 1. The van der Waals surface area contributed by atoms with Gasteiger partial charge in [0.05, 0.1) is 0 Å². The molecule has 2 fully saturated rings. The monoisotopic (exact) mass is 236 g/mol. The third-order valence-electron chi connectivity index (χ3n) is 4.21. The van der Waals surface area contributed by atoms with E-state index in [2.05, 4.69) is 15.5 Å². The Labute approximate surface area is 99.0 Å². The molecule has 2 saturated carbocycles. The Morgan fingerprint density at radius 3 is 2.65 bits per heavy atom. The summed E-state index contributed by atoms with van der Waals surface area (Å²) in [7, 11) is 0. The molecule has 0 radical (unpaired) electrons. The van der Waals surface area contributed by atoms with E-state index in [1.54, 1.807) is 4.68 Å². The van der Waals surface area contributed by atoms with Crippen molar-refractivity contribution in [3.05, 3.63) is 5.82 Å². The first-order chi connectivity index (χ1) is 8.22. The predicted octanol–water partition coefficient (Wildman–Crippen LogP) is 0.979. The van der Waals surface area contributed by atoms with Crippen LogP contribution in [0, 0.1) is 5.92 Å². The molecule has 0 spiro atoms. The summed E-state index contributed by atoms with van der Waals surface area (Å²) in [5, 5.41) is 21.0. The van der Waals surface area contributed by atoms with Crippen LogP contribution in [-0.2, 0) is 16.8 Å². The second-order valence-electron chi connectivity index (χ2n) is 5.20. The van der Waals surface area contributed by atoms with Crippen LogP contribution in [0.5, 0.6) is 0 Å². The Kier molecular flexibility index (Phi) is 2.38. The lowest BCUT2D eigenvalue weighted by Gasteiger charge is -2.38. The van der Waals surface area contributed by atoms with Gasteiger partial charge in [0.2, 0.25) is 0 Å². The van der Waals surface area contributed by atoms with Crippen molar-refractivity contribution in [1.82, 2.24) is 20.2 Å². The van der Waals surface area contributed by atoms with Gasteiger partial charge in [-0.25, -0.2) is 9.48 Å². The molecule has 0 bridgehead atoms. The number of hydrogen-bond donors (Lipinski definition) is 1. The van der Waals surface area contributed by atoms with Gasteiger partial charge in [-0.15, -0.1) is 5.10 Å². The Morgan fingerprint density at radius 2 is 2.18 bits per heavy atom. The molecule has 1 aromatic rings. The number of nitrogens with zero attached hydrogens (tertiary/aromatic N) is 4. The van der Waals surface area contributed by atoms with Crippen molar-refractivity contribution in [2.24, 2.45) is 5.92 Å². The predicted molar refractivity (Wildman–Crippen MR) is 58.3 cm³/mol. The van der Waals surface area contributed by atoms with Gasteiger partial charge in [0.1, 0.15) is 0 Å². The summed E-state index contributed by atoms with van der Waals surface area (Å²) >= 11 is 0. The average molecular weight is 236 g/mol. The SMILES string of the molecule is O=C(O)C1(n2nnnc2CC2CCC2)CCC1. The number of carboxylic acid groups (broad SMARTS) is 1. The van der Waals surface area contributed by atoms with Crippen molar-refractivity contribution in [3.8, 4) is 0 Å². The van der Waals surface area contributed by atoms with Crippen LogP contribution < -0.4 is 0 Å². The molecular formula is C11H16N4O2.